The Bertz CT molecular complexity index is 519. The van der Waals surface area contributed by atoms with Gasteiger partial charge < -0.3 is 10.6 Å². The number of halogens is 1. The molecular formula is C20H32ClN3O. The van der Waals surface area contributed by atoms with Gasteiger partial charge in [0.2, 0.25) is 5.91 Å². The van der Waals surface area contributed by atoms with E-state index in [-0.39, 0.29) is 24.4 Å². The third-order valence-corrected chi connectivity index (χ3v) is 5.60. The first-order valence-corrected chi connectivity index (χ1v) is 9.47. The molecule has 1 amide bonds. The highest BCUT2D eigenvalue weighted by Crippen LogP contribution is 2.22. The van der Waals surface area contributed by atoms with E-state index in [1.54, 1.807) is 0 Å². The minimum Gasteiger partial charge on any atom is -0.353 e. The first kappa shape index (κ1) is 20.2. The van der Waals surface area contributed by atoms with Gasteiger partial charge in [0.25, 0.3) is 0 Å². The van der Waals surface area contributed by atoms with Crippen molar-refractivity contribution >= 4 is 18.3 Å². The second-order valence-corrected chi connectivity index (χ2v) is 7.52. The van der Waals surface area contributed by atoms with E-state index in [0.717, 1.165) is 39.1 Å². The lowest BCUT2D eigenvalue weighted by molar-refractivity contribution is -0.122. The van der Waals surface area contributed by atoms with Gasteiger partial charge in [-0.1, -0.05) is 30.3 Å². The van der Waals surface area contributed by atoms with Crippen molar-refractivity contribution in [3.05, 3.63) is 35.9 Å². The number of amides is 1. The van der Waals surface area contributed by atoms with Gasteiger partial charge in [-0.2, -0.15) is 0 Å². The SMILES string of the molecule is CC(NC(=O)CCC1CCNC1)C1CCN(Cc2ccccc2)C1.Cl. The smallest absolute Gasteiger partial charge is 0.220 e. The Hall–Kier alpha value is -1.10. The van der Waals surface area contributed by atoms with Gasteiger partial charge in [0.15, 0.2) is 0 Å². The lowest BCUT2D eigenvalue weighted by Gasteiger charge is -2.22. The van der Waals surface area contributed by atoms with Gasteiger partial charge in [-0.05, 0) is 63.2 Å². The molecule has 2 N–H and O–H groups in total. The van der Waals surface area contributed by atoms with Gasteiger partial charge in [0.1, 0.15) is 0 Å². The van der Waals surface area contributed by atoms with E-state index in [0.29, 0.717) is 18.3 Å². The summed E-state index contributed by atoms with van der Waals surface area (Å²) >= 11 is 0. The number of likely N-dealkylation sites (tertiary alicyclic amines) is 1. The molecule has 1 aromatic carbocycles. The van der Waals surface area contributed by atoms with Crippen LogP contribution in [0.3, 0.4) is 0 Å². The highest BCUT2D eigenvalue weighted by Gasteiger charge is 2.28. The fourth-order valence-corrected chi connectivity index (χ4v) is 4.00. The predicted octanol–water partition coefficient (Wildman–Crippen LogP) is 2.82. The fourth-order valence-electron chi connectivity index (χ4n) is 4.00. The van der Waals surface area contributed by atoms with Crippen LogP contribution in [0.5, 0.6) is 0 Å². The topological polar surface area (TPSA) is 44.4 Å². The van der Waals surface area contributed by atoms with Gasteiger partial charge in [-0.25, -0.2) is 0 Å². The summed E-state index contributed by atoms with van der Waals surface area (Å²) in [5.74, 6) is 1.50. The largest absolute Gasteiger partial charge is 0.353 e. The average molecular weight is 366 g/mol. The van der Waals surface area contributed by atoms with E-state index in [2.05, 4.69) is 52.8 Å². The van der Waals surface area contributed by atoms with Crippen molar-refractivity contribution in [1.29, 1.82) is 0 Å². The van der Waals surface area contributed by atoms with Crippen LogP contribution in [0, 0.1) is 11.8 Å². The van der Waals surface area contributed by atoms with Gasteiger partial charge >= 0.3 is 0 Å². The molecule has 1 aromatic rings. The summed E-state index contributed by atoms with van der Waals surface area (Å²) in [4.78, 5) is 14.7. The van der Waals surface area contributed by atoms with E-state index in [1.165, 1.54) is 18.4 Å². The highest BCUT2D eigenvalue weighted by atomic mass is 35.5. The summed E-state index contributed by atoms with van der Waals surface area (Å²) in [6.45, 7) is 7.61. The molecule has 0 saturated carbocycles. The highest BCUT2D eigenvalue weighted by molar-refractivity contribution is 5.85. The fraction of sp³-hybridized carbons (Fsp3) is 0.650. The average Bonchev–Trinajstić information content (AvgIpc) is 3.25. The van der Waals surface area contributed by atoms with Gasteiger partial charge in [0, 0.05) is 25.6 Å². The van der Waals surface area contributed by atoms with Crippen molar-refractivity contribution in [2.75, 3.05) is 26.2 Å². The minimum atomic E-state index is 0. The molecule has 3 rings (SSSR count). The first-order valence-electron chi connectivity index (χ1n) is 9.47. The number of hydrogen-bond donors (Lipinski definition) is 2. The number of nitrogens with one attached hydrogen (secondary N) is 2. The number of benzene rings is 1. The standard InChI is InChI=1S/C20H31N3O.ClH/c1-16(22-20(24)8-7-17-9-11-21-13-17)19-10-12-23(15-19)14-18-5-3-2-4-6-18;/h2-6,16-17,19,21H,7-15H2,1H3,(H,22,24);1H. The van der Waals surface area contributed by atoms with E-state index in [9.17, 15) is 4.79 Å². The third kappa shape index (κ3) is 6.28. The van der Waals surface area contributed by atoms with Crippen LogP contribution < -0.4 is 10.6 Å². The molecule has 0 spiro atoms. The second-order valence-electron chi connectivity index (χ2n) is 7.52. The van der Waals surface area contributed by atoms with Crippen LogP contribution in [-0.4, -0.2) is 43.0 Å². The molecule has 5 heteroatoms. The maximum atomic E-state index is 12.2. The maximum Gasteiger partial charge on any atom is 0.220 e. The second kappa shape index (κ2) is 10.1. The molecule has 2 fully saturated rings. The van der Waals surface area contributed by atoms with E-state index >= 15 is 0 Å². The van der Waals surface area contributed by atoms with Crippen molar-refractivity contribution in [2.45, 2.75) is 45.2 Å². The predicted molar refractivity (Wildman–Crippen MR) is 105 cm³/mol. The van der Waals surface area contributed by atoms with Gasteiger partial charge in [-0.15, -0.1) is 12.4 Å². The molecule has 4 nitrogen and oxygen atoms in total. The van der Waals surface area contributed by atoms with Gasteiger partial charge in [0.05, 0.1) is 0 Å². The summed E-state index contributed by atoms with van der Waals surface area (Å²) < 4.78 is 0. The van der Waals surface area contributed by atoms with Gasteiger partial charge in [-0.3, -0.25) is 9.69 Å². The molecule has 0 bridgehead atoms. The number of rotatable bonds is 7. The monoisotopic (exact) mass is 365 g/mol. The number of carbonyl (C=O) groups is 1. The molecule has 2 aliphatic heterocycles. The summed E-state index contributed by atoms with van der Waals surface area (Å²) in [6, 6.07) is 10.9. The molecule has 0 aliphatic carbocycles. The Kier molecular flexibility index (Phi) is 8.20. The Morgan fingerprint density at radius 1 is 1.32 bits per heavy atom. The molecule has 0 radical (unpaired) electrons. The number of nitrogens with zero attached hydrogens (tertiary/aromatic N) is 1. The van der Waals surface area contributed by atoms with Crippen molar-refractivity contribution < 1.29 is 4.79 Å². The molecule has 25 heavy (non-hydrogen) atoms. The number of hydrogen-bond acceptors (Lipinski definition) is 3. The Labute approximate surface area is 158 Å². The van der Waals surface area contributed by atoms with Crippen LogP contribution in [0.15, 0.2) is 30.3 Å². The van der Waals surface area contributed by atoms with E-state index in [1.807, 2.05) is 0 Å². The van der Waals surface area contributed by atoms with E-state index < -0.39 is 0 Å². The zero-order chi connectivity index (χ0) is 16.8. The van der Waals surface area contributed by atoms with Crippen molar-refractivity contribution in [3.8, 4) is 0 Å². The molecular weight excluding hydrogens is 334 g/mol. The molecule has 2 aliphatic rings. The maximum absolute atomic E-state index is 12.2. The lowest BCUT2D eigenvalue weighted by Crippen LogP contribution is -2.39. The Morgan fingerprint density at radius 3 is 2.84 bits per heavy atom. The molecule has 3 unspecified atom stereocenters. The van der Waals surface area contributed by atoms with Crippen LogP contribution in [-0.2, 0) is 11.3 Å². The lowest BCUT2D eigenvalue weighted by atomic mass is 9.99. The van der Waals surface area contributed by atoms with Crippen molar-refractivity contribution in [2.24, 2.45) is 11.8 Å². The zero-order valence-electron chi connectivity index (χ0n) is 15.2. The van der Waals surface area contributed by atoms with E-state index in [4.69, 9.17) is 0 Å². The summed E-state index contributed by atoms with van der Waals surface area (Å²) in [5.41, 5.74) is 1.38. The zero-order valence-corrected chi connectivity index (χ0v) is 16.1. The Morgan fingerprint density at radius 2 is 2.12 bits per heavy atom. The molecule has 0 aromatic heterocycles. The van der Waals surface area contributed by atoms with Crippen LogP contribution in [0.25, 0.3) is 0 Å². The number of carbonyl (C=O) groups excluding carboxylic acids is 1. The summed E-state index contributed by atoms with van der Waals surface area (Å²) in [5, 5.41) is 6.61. The minimum absolute atomic E-state index is 0. The first-order chi connectivity index (χ1) is 11.7. The van der Waals surface area contributed by atoms with Crippen molar-refractivity contribution in [3.63, 3.8) is 0 Å². The molecule has 3 atom stereocenters. The quantitative estimate of drug-likeness (QED) is 0.781. The Balaban J connectivity index is 0.00000225. The molecule has 2 saturated heterocycles. The third-order valence-electron chi connectivity index (χ3n) is 5.60. The molecule has 2 heterocycles. The van der Waals surface area contributed by atoms with Crippen LogP contribution in [0.2, 0.25) is 0 Å². The normalized spacial score (nSPS) is 24.7. The summed E-state index contributed by atoms with van der Waals surface area (Å²) in [7, 11) is 0. The molecule has 140 valence electrons. The van der Waals surface area contributed by atoms with Crippen molar-refractivity contribution in [1.82, 2.24) is 15.5 Å². The van der Waals surface area contributed by atoms with Crippen LogP contribution in [0.1, 0.15) is 38.2 Å². The summed E-state index contributed by atoms with van der Waals surface area (Å²) in [6.07, 6.45) is 4.11. The van der Waals surface area contributed by atoms with Crippen LogP contribution >= 0.6 is 12.4 Å². The van der Waals surface area contributed by atoms with Crippen LogP contribution in [0.4, 0.5) is 0 Å².